The fourth-order valence-corrected chi connectivity index (χ4v) is 2.69. The van der Waals surface area contributed by atoms with Crippen LogP contribution in [0.1, 0.15) is 18.1 Å². The van der Waals surface area contributed by atoms with E-state index in [0.29, 0.717) is 22.3 Å². The molecule has 2 aromatic carbocycles. The van der Waals surface area contributed by atoms with E-state index in [9.17, 15) is 17.2 Å². The first kappa shape index (κ1) is 17.4. The molecular weight excluding hydrogens is 352 g/mol. The second-order valence-corrected chi connectivity index (χ2v) is 7.00. The largest absolute Gasteiger partial charge is 0.274 e. The number of aromatic nitrogens is 3. The summed E-state index contributed by atoms with van der Waals surface area (Å²) in [4.78, 5) is 0. The van der Waals surface area contributed by atoms with Crippen molar-refractivity contribution in [2.45, 2.75) is 19.4 Å². The summed E-state index contributed by atoms with van der Waals surface area (Å²) >= 11 is 0. The van der Waals surface area contributed by atoms with Gasteiger partial charge in [0.05, 0.1) is 11.2 Å². The average Bonchev–Trinajstić information content (AvgIpc) is 2.95. The number of benzene rings is 2. The van der Waals surface area contributed by atoms with Gasteiger partial charge in [-0.15, -0.1) is 5.10 Å². The van der Waals surface area contributed by atoms with E-state index in [0.717, 1.165) is 6.92 Å². The Hall–Kier alpha value is -2.43. The predicted molar refractivity (Wildman–Crippen MR) is 88.4 cm³/mol. The quantitative estimate of drug-likeness (QED) is 0.718. The Balaban J connectivity index is 1.89. The maximum Gasteiger partial charge on any atom is 0.274 e. The van der Waals surface area contributed by atoms with Gasteiger partial charge in [-0.2, -0.15) is 13.1 Å². The first-order valence-electron chi connectivity index (χ1n) is 7.24. The van der Waals surface area contributed by atoms with Crippen LogP contribution >= 0.6 is 0 Å². The van der Waals surface area contributed by atoms with Crippen LogP contribution in [-0.4, -0.2) is 23.4 Å². The Morgan fingerprint density at radius 2 is 1.88 bits per heavy atom. The van der Waals surface area contributed by atoms with E-state index in [2.05, 4.69) is 15.0 Å². The average molecular weight is 367 g/mol. The van der Waals surface area contributed by atoms with Crippen LogP contribution < -0.4 is 9.86 Å². The van der Waals surface area contributed by atoms with Crippen molar-refractivity contribution >= 4 is 21.2 Å². The van der Waals surface area contributed by atoms with Gasteiger partial charge in [-0.3, -0.25) is 0 Å². The Morgan fingerprint density at radius 1 is 1.20 bits per heavy atom. The normalized spacial score (nSPS) is 12.6. The van der Waals surface area contributed by atoms with Crippen molar-refractivity contribution in [3.05, 3.63) is 53.6 Å². The summed E-state index contributed by atoms with van der Waals surface area (Å²) in [6.45, 7) is 0.888. The van der Waals surface area contributed by atoms with Gasteiger partial charge >= 0.3 is 0 Å². The summed E-state index contributed by atoms with van der Waals surface area (Å²) in [5.74, 6) is -2.95. The lowest BCUT2D eigenvalue weighted by atomic mass is 10.1. The molecule has 0 saturated heterocycles. The minimum atomic E-state index is -3.76. The maximum absolute atomic E-state index is 13.4. The summed E-state index contributed by atoms with van der Waals surface area (Å²) in [5.41, 5.74) is 2.19. The lowest BCUT2D eigenvalue weighted by Gasteiger charge is -2.10. The number of halogens is 2. The molecular formula is C15H15F2N5O2S. The topological polar surface area (TPSA) is 103 Å². The minimum absolute atomic E-state index is 0.0617. The highest BCUT2D eigenvalue weighted by Gasteiger charge is 2.25. The maximum atomic E-state index is 13.4. The highest BCUT2D eigenvalue weighted by atomic mass is 32.2. The number of rotatable bonds is 5. The third-order valence-electron chi connectivity index (χ3n) is 3.61. The van der Waals surface area contributed by atoms with E-state index in [1.807, 2.05) is 0 Å². The summed E-state index contributed by atoms with van der Waals surface area (Å²) in [6, 6.07) is 11.0. The van der Waals surface area contributed by atoms with Crippen molar-refractivity contribution in [3.8, 4) is 5.69 Å². The summed E-state index contributed by atoms with van der Waals surface area (Å²) in [5, 5.41) is 12.8. The Bertz CT molecular complexity index is 1010. The Morgan fingerprint density at radius 3 is 2.48 bits per heavy atom. The molecule has 0 aliphatic carbocycles. The molecule has 0 bridgehead atoms. The van der Waals surface area contributed by atoms with Gasteiger partial charge in [-0.1, -0.05) is 23.4 Å². The summed E-state index contributed by atoms with van der Waals surface area (Å²) in [6.07, 6.45) is 0. The molecule has 0 fully saturated rings. The first-order chi connectivity index (χ1) is 11.6. The summed E-state index contributed by atoms with van der Waals surface area (Å²) in [7, 11) is -3.76. The molecule has 10 heteroatoms. The van der Waals surface area contributed by atoms with Crippen LogP contribution in [0.2, 0.25) is 0 Å². The molecule has 25 heavy (non-hydrogen) atoms. The number of alkyl halides is 2. The third-order valence-corrected chi connectivity index (χ3v) is 4.16. The van der Waals surface area contributed by atoms with Crippen molar-refractivity contribution in [1.29, 1.82) is 0 Å². The number of hydrogen-bond donors (Lipinski definition) is 2. The number of nitrogens with one attached hydrogen (secondary N) is 1. The molecule has 1 aromatic heterocycles. The van der Waals surface area contributed by atoms with Gasteiger partial charge in [0.2, 0.25) is 0 Å². The zero-order valence-corrected chi connectivity index (χ0v) is 14.0. The van der Waals surface area contributed by atoms with Crippen LogP contribution in [0, 0.1) is 0 Å². The minimum Gasteiger partial charge on any atom is -0.216 e. The monoisotopic (exact) mass is 367 g/mol. The highest BCUT2D eigenvalue weighted by molar-refractivity contribution is 7.87. The SMILES string of the molecule is CC(F)(F)c1ccc2c(c1)nnn2-c1ccc(CNS(N)(=O)=O)cc1. The van der Waals surface area contributed by atoms with E-state index in [4.69, 9.17) is 5.14 Å². The van der Waals surface area contributed by atoms with Crippen LogP contribution in [-0.2, 0) is 22.7 Å². The standard InChI is InChI=1S/C15H15F2N5O2S/c1-15(16,17)11-4-7-14-13(8-11)20-21-22(14)12-5-2-10(3-6-12)9-19-25(18,23)24/h2-8,19H,9H2,1H3,(H2,18,23,24). The van der Waals surface area contributed by atoms with Gasteiger partial charge in [0.1, 0.15) is 5.52 Å². The second-order valence-electron chi connectivity index (χ2n) is 5.63. The molecule has 0 aliphatic heterocycles. The second kappa shape index (κ2) is 6.14. The summed E-state index contributed by atoms with van der Waals surface area (Å²) < 4.78 is 52.3. The van der Waals surface area contributed by atoms with Crippen LogP contribution in [0.25, 0.3) is 16.7 Å². The van der Waals surface area contributed by atoms with Crippen molar-refractivity contribution in [3.63, 3.8) is 0 Å². The molecule has 0 radical (unpaired) electrons. The number of hydrogen-bond acceptors (Lipinski definition) is 4. The molecule has 3 N–H and O–H groups in total. The van der Waals surface area contributed by atoms with Gasteiger partial charge in [-0.05, 0) is 29.8 Å². The molecule has 3 aromatic rings. The van der Waals surface area contributed by atoms with Crippen LogP contribution in [0.15, 0.2) is 42.5 Å². The zero-order valence-electron chi connectivity index (χ0n) is 13.1. The van der Waals surface area contributed by atoms with Crippen molar-refractivity contribution in [2.24, 2.45) is 5.14 Å². The van der Waals surface area contributed by atoms with Crippen LogP contribution in [0.4, 0.5) is 8.78 Å². The van der Waals surface area contributed by atoms with E-state index in [1.165, 1.54) is 16.8 Å². The van der Waals surface area contributed by atoms with Crippen molar-refractivity contribution < 1.29 is 17.2 Å². The Kier molecular flexibility index (Phi) is 4.27. The molecule has 0 unspecified atom stereocenters. The molecule has 7 nitrogen and oxygen atoms in total. The van der Waals surface area contributed by atoms with E-state index in [-0.39, 0.29) is 12.1 Å². The van der Waals surface area contributed by atoms with E-state index in [1.54, 1.807) is 30.3 Å². The molecule has 0 atom stereocenters. The predicted octanol–water partition coefficient (Wildman–Crippen LogP) is 1.83. The van der Waals surface area contributed by atoms with Crippen LogP contribution in [0.3, 0.4) is 0 Å². The lowest BCUT2D eigenvalue weighted by molar-refractivity contribution is 0.0176. The molecule has 1 heterocycles. The van der Waals surface area contributed by atoms with Gasteiger partial charge in [0.25, 0.3) is 16.1 Å². The highest BCUT2D eigenvalue weighted by Crippen LogP contribution is 2.29. The fourth-order valence-electron chi connectivity index (χ4n) is 2.33. The molecule has 3 rings (SSSR count). The molecule has 0 aliphatic rings. The number of nitrogens with zero attached hydrogens (tertiary/aromatic N) is 3. The lowest BCUT2D eigenvalue weighted by Crippen LogP contribution is -2.30. The van der Waals surface area contributed by atoms with E-state index < -0.39 is 16.1 Å². The zero-order chi connectivity index (χ0) is 18.2. The third kappa shape index (κ3) is 3.98. The molecule has 0 amide bonds. The fraction of sp³-hybridized carbons (Fsp3) is 0.200. The van der Waals surface area contributed by atoms with E-state index >= 15 is 0 Å². The van der Waals surface area contributed by atoms with Gasteiger partial charge in [0.15, 0.2) is 0 Å². The van der Waals surface area contributed by atoms with Gasteiger partial charge in [0, 0.05) is 19.0 Å². The van der Waals surface area contributed by atoms with Gasteiger partial charge in [-0.25, -0.2) is 18.6 Å². The first-order valence-corrected chi connectivity index (χ1v) is 8.78. The van der Waals surface area contributed by atoms with Crippen molar-refractivity contribution in [2.75, 3.05) is 0 Å². The number of nitrogens with two attached hydrogens (primary N) is 1. The van der Waals surface area contributed by atoms with Crippen molar-refractivity contribution in [1.82, 2.24) is 19.7 Å². The molecule has 132 valence electrons. The van der Waals surface area contributed by atoms with Crippen LogP contribution in [0.5, 0.6) is 0 Å². The Labute approximate surface area is 142 Å². The smallest absolute Gasteiger partial charge is 0.216 e. The molecule has 0 spiro atoms. The van der Waals surface area contributed by atoms with Gasteiger partial charge < -0.3 is 0 Å². The molecule has 0 saturated carbocycles. The number of fused-ring (bicyclic) bond motifs is 1.